The van der Waals surface area contributed by atoms with E-state index in [4.69, 9.17) is 14.0 Å². The van der Waals surface area contributed by atoms with Crippen LogP contribution in [0.2, 0.25) is 0 Å². The summed E-state index contributed by atoms with van der Waals surface area (Å²) in [5.41, 5.74) is 0.914. The van der Waals surface area contributed by atoms with Gasteiger partial charge >= 0.3 is 0 Å². The van der Waals surface area contributed by atoms with Gasteiger partial charge in [0.25, 0.3) is 5.89 Å². The molecule has 21 heavy (non-hydrogen) atoms. The van der Waals surface area contributed by atoms with Gasteiger partial charge in [-0.15, -0.1) is 0 Å². The highest BCUT2D eigenvalue weighted by Gasteiger charge is 2.08. The second-order valence-corrected chi connectivity index (χ2v) is 4.34. The molecule has 106 valence electrons. The molecule has 0 bridgehead atoms. The van der Waals surface area contributed by atoms with E-state index in [0.717, 1.165) is 17.1 Å². The van der Waals surface area contributed by atoms with Gasteiger partial charge in [0, 0.05) is 5.56 Å². The van der Waals surface area contributed by atoms with E-state index in [9.17, 15) is 0 Å². The molecule has 0 aliphatic carbocycles. The van der Waals surface area contributed by atoms with Crippen LogP contribution in [0.3, 0.4) is 0 Å². The summed E-state index contributed by atoms with van der Waals surface area (Å²) in [4.78, 5) is 4.30. The van der Waals surface area contributed by atoms with Gasteiger partial charge in [-0.1, -0.05) is 35.5 Å². The topological polar surface area (TPSA) is 57.4 Å². The number of aromatic nitrogens is 2. The molecule has 0 saturated carbocycles. The van der Waals surface area contributed by atoms with Crippen LogP contribution in [0.15, 0.2) is 59.1 Å². The first-order valence-corrected chi connectivity index (χ1v) is 6.50. The normalized spacial score (nSPS) is 10.3. The van der Waals surface area contributed by atoms with E-state index in [0.29, 0.717) is 11.7 Å². The number of ether oxygens (including phenoxy) is 2. The number of nitrogens with zero attached hydrogens (tertiary/aromatic N) is 2. The zero-order chi connectivity index (χ0) is 14.5. The first kappa shape index (κ1) is 13.2. The molecule has 3 aromatic rings. The minimum Gasteiger partial charge on any atom is -0.497 e. The highest BCUT2D eigenvalue weighted by atomic mass is 16.5. The number of benzene rings is 2. The molecular weight excluding hydrogens is 268 g/mol. The van der Waals surface area contributed by atoms with Gasteiger partial charge in [-0.2, -0.15) is 4.98 Å². The molecule has 1 heterocycles. The lowest BCUT2D eigenvalue weighted by Gasteiger charge is -2.04. The third kappa shape index (κ3) is 3.20. The Bertz CT molecular complexity index is 693. The monoisotopic (exact) mass is 282 g/mol. The van der Waals surface area contributed by atoms with Crippen LogP contribution < -0.4 is 9.47 Å². The van der Waals surface area contributed by atoms with Crippen molar-refractivity contribution in [3.63, 3.8) is 0 Å². The predicted octanol–water partition coefficient (Wildman–Crippen LogP) is 3.32. The van der Waals surface area contributed by atoms with E-state index in [-0.39, 0.29) is 6.61 Å². The van der Waals surface area contributed by atoms with E-state index in [1.165, 1.54) is 0 Å². The average molecular weight is 282 g/mol. The van der Waals surface area contributed by atoms with Gasteiger partial charge in [0.2, 0.25) is 5.82 Å². The van der Waals surface area contributed by atoms with Gasteiger partial charge in [-0.25, -0.2) is 0 Å². The summed E-state index contributed by atoms with van der Waals surface area (Å²) < 4.78 is 15.9. The van der Waals surface area contributed by atoms with E-state index < -0.39 is 0 Å². The highest BCUT2D eigenvalue weighted by Crippen LogP contribution is 2.19. The summed E-state index contributed by atoms with van der Waals surface area (Å²) in [6.07, 6.45) is 0. The van der Waals surface area contributed by atoms with Crippen LogP contribution in [-0.4, -0.2) is 17.3 Å². The summed E-state index contributed by atoms with van der Waals surface area (Å²) in [6, 6.07) is 17.0. The molecule has 5 heteroatoms. The maximum Gasteiger partial charge on any atom is 0.264 e. The zero-order valence-corrected chi connectivity index (χ0v) is 11.5. The van der Waals surface area contributed by atoms with Crippen molar-refractivity contribution in [2.75, 3.05) is 7.11 Å². The number of hydrogen-bond acceptors (Lipinski definition) is 5. The summed E-state index contributed by atoms with van der Waals surface area (Å²) in [5, 5.41) is 3.94. The maximum atomic E-state index is 5.59. The Morgan fingerprint density at radius 1 is 0.952 bits per heavy atom. The second kappa shape index (κ2) is 6.09. The van der Waals surface area contributed by atoms with Crippen LogP contribution in [0.4, 0.5) is 0 Å². The molecular formula is C16H14N2O3. The fraction of sp³-hybridized carbons (Fsp3) is 0.125. The van der Waals surface area contributed by atoms with Gasteiger partial charge in [0.15, 0.2) is 6.61 Å². The SMILES string of the molecule is COc1ccc(OCc2nc(-c3ccccc3)no2)cc1. The van der Waals surface area contributed by atoms with Crippen LogP contribution in [0.5, 0.6) is 11.5 Å². The van der Waals surface area contributed by atoms with Crippen LogP contribution in [0.25, 0.3) is 11.4 Å². The van der Waals surface area contributed by atoms with Gasteiger partial charge < -0.3 is 14.0 Å². The number of hydrogen-bond donors (Lipinski definition) is 0. The van der Waals surface area contributed by atoms with E-state index in [1.54, 1.807) is 7.11 Å². The lowest BCUT2D eigenvalue weighted by molar-refractivity contribution is 0.242. The molecule has 0 spiro atoms. The van der Waals surface area contributed by atoms with Gasteiger partial charge in [0.05, 0.1) is 7.11 Å². The Morgan fingerprint density at radius 3 is 2.38 bits per heavy atom. The molecule has 0 radical (unpaired) electrons. The lowest BCUT2D eigenvalue weighted by atomic mass is 10.2. The Kier molecular flexibility index (Phi) is 3.82. The van der Waals surface area contributed by atoms with Gasteiger partial charge in [-0.3, -0.25) is 0 Å². The predicted molar refractivity (Wildman–Crippen MR) is 77.1 cm³/mol. The van der Waals surface area contributed by atoms with Crippen LogP contribution in [0, 0.1) is 0 Å². The van der Waals surface area contributed by atoms with Crippen molar-refractivity contribution in [1.82, 2.24) is 10.1 Å². The summed E-state index contributed by atoms with van der Waals surface area (Å²) in [6.45, 7) is 0.228. The minimum absolute atomic E-state index is 0.228. The van der Waals surface area contributed by atoms with Crippen LogP contribution in [-0.2, 0) is 6.61 Å². The van der Waals surface area contributed by atoms with Crippen molar-refractivity contribution in [1.29, 1.82) is 0 Å². The fourth-order valence-corrected chi connectivity index (χ4v) is 1.83. The standard InChI is InChI=1S/C16H14N2O3/c1-19-13-7-9-14(10-8-13)20-11-15-17-16(18-21-15)12-5-3-2-4-6-12/h2-10H,11H2,1H3. The largest absolute Gasteiger partial charge is 0.497 e. The molecule has 3 rings (SSSR count). The van der Waals surface area contributed by atoms with E-state index in [1.807, 2.05) is 54.6 Å². The van der Waals surface area contributed by atoms with Crippen molar-refractivity contribution in [2.45, 2.75) is 6.61 Å². The summed E-state index contributed by atoms with van der Waals surface area (Å²) in [5.74, 6) is 2.50. The van der Waals surface area contributed by atoms with E-state index >= 15 is 0 Å². The highest BCUT2D eigenvalue weighted by molar-refractivity contribution is 5.53. The Hall–Kier alpha value is -2.82. The van der Waals surface area contributed by atoms with Crippen LogP contribution in [0.1, 0.15) is 5.89 Å². The van der Waals surface area contributed by atoms with Crippen molar-refractivity contribution in [3.05, 3.63) is 60.5 Å². The van der Waals surface area contributed by atoms with Gasteiger partial charge in [0.1, 0.15) is 11.5 Å². The first-order valence-electron chi connectivity index (χ1n) is 6.50. The molecule has 0 amide bonds. The molecule has 0 aliphatic heterocycles. The third-order valence-corrected chi connectivity index (χ3v) is 2.92. The Morgan fingerprint density at radius 2 is 1.67 bits per heavy atom. The zero-order valence-electron chi connectivity index (χ0n) is 11.5. The van der Waals surface area contributed by atoms with Crippen molar-refractivity contribution < 1.29 is 14.0 Å². The molecule has 2 aromatic carbocycles. The molecule has 0 unspecified atom stereocenters. The summed E-state index contributed by atoms with van der Waals surface area (Å²) >= 11 is 0. The molecule has 0 N–H and O–H groups in total. The van der Waals surface area contributed by atoms with Crippen LogP contribution >= 0.6 is 0 Å². The minimum atomic E-state index is 0.228. The first-order chi connectivity index (χ1) is 10.3. The van der Waals surface area contributed by atoms with Crippen molar-refractivity contribution >= 4 is 0 Å². The molecule has 0 atom stereocenters. The van der Waals surface area contributed by atoms with E-state index in [2.05, 4.69) is 10.1 Å². The quantitative estimate of drug-likeness (QED) is 0.718. The molecule has 0 aliphatic rings. The lowest BCUT2D eigenvalue weighted by Crippen LogP contribution is -1.95. The molecule has 5 nitrogen and oxygen atoms in total. The smallest absolute Gasteiger partial charge is 0.264 e. The number of rotatable bonds is 5. The maximum absolute atomic E-state index is 5.59. The third-order valence-electron chi connectivity index (χ3n) is 2.92. The Labute approximate surface area is 122 Å². The molecule has 1 aromatic heterocycles. The van der Waals surface area contributed by atoms with Crippen molar-refractivity contribution in [3.8, 4) is 22.9 Å². The van der Waals surface area contributed by atoms with Gasteiger partial charge in [-0.05, 0) is 24.3 Å². The fourth-order valence-electron chi connectivity index (χ4n) is 1.83. The Balaban J connectivity index is 1.64. The summed E-state index contributed by atoms with van der Waals surface area (Å²) in [7, 11) is 1.62. The van der Waals surface area contributed by atoms with Crippen molar-refractivity contribution in [2.24, 2.45) is 0 Å². The average Bonchev–Trinajstić information content (AvgIpc) is 3.03. The molecule has 0 saturated heterocycles. The second-order valence-electron chi connectivity index (χ2n) is 4.34. The molecule has 0 fully saturated rings. The number of methoxy groups -OCH3 is 1.